The van der Waals surface area contributed by atoms with E-state index in [0.717, 1.165) is 31.9 Å². The molecule has 6 nitrogen and oxygen atoms in total. The Bertz CT molecular complexity index is 846. The van der Waals surface area contributed by atoms with Crippen LogP contribution in [0.1, 0.15) is 49.3 Å². The quantitative estimate of drug-likeness (QED) is 0.754. The molecule has 3 rings (SSSR count). The van der Waals surface area contributed by atoms with Gasteiger partial charge in [-0.1, -0.05) is 12.8 Å². The van der Waals surface area contributed by atoms with Crippen molar-refractivity contribution >= 4 is 22.8 Å². The zero-order valence-corrected chi connectivity index (χ0v) is 12.1. The molecule has 2 heterocycles. The standard InChI is InChI=1S/C16H17N5O/c17-6-5-13(19)12-9-21(11-3-1-2-4-11)15-10(7-18)8-20-16(22)14(12)15/h6,8-9,11,17,19H,1-5H2,(H,20,22). The first-order chi connectivity index (χ1) is 10.7. The molecule has 0 saturated heterocycles. The number of nitriles is 1. The van der Waals surface area contributed by atoms with Crippen LogP contribution in [-0.4, -0.2) is 21.5 Å². The molecule has 0 amide bonds. The second kappa shape index (κ2) is 5.60. The van der Waals surface area contributed by atoms with Gasteiger partial charge in [-0.25, -0.2) is 0 Å². The summed E-state index contributed by atoms with van der Waals surface area (Å²) >= 11 is 0. The molecule has 0 bridgehead atoms. The van der Waals surface area contributed by atoms with Crippen molar-refractivity contribution in [2.24, 2.45) is 0 Å². The van der Waals surface area contributed by atoms with Crippen molar-refractivity contribution in [1.29, 1.82) is 16.1 Å². The Balaban J connectivity index is 2.33. The molecule has 1 saturated carbocycles. The van der Waals surface area contributed by atoms with Gasteiger partial charge in [0.15, 0.2) is 0 Å². The van der Waals surface area contributed by atoms with E-state index in [0.29, 0.717) is 22.0 Å². The molecule has 1 aliphatic rings. The van der Waals surface area contributed by atoms with E-state index >= 15 is 0 Å². The van der Waals surface area contributed by atoms with Crippen LogP contribution in [-0.2, 0) is 0 Å². The lowest BCUT2D eigenvalue weighted by molar-refractivity contribution is 0.535. The third-order valence-corrected chi connectivity index (χ3v) is 4.33. The summed E-state index contributed by atoms with van der Waals surface area (Å²) in [6.07, 6.45) is 8.94. The van der Waals surface area contributed by atoms with Crippen LogP contribution in [0.15, 0.2) is 17.2 Å². The molecule has 1 fully saturated rings. The number of hydrogen-bond donors (Lipinski definition) is 3. The van der Waals surface area contributed by atoms with Crippen LogP contribution in [0.4, 0.5) is 0 Å². The molecule has 112 valence electrons. The monoisotopic (exact) mass is 295 g/mol. The van der Waals surface area contributed by atoms with E-state index in [9.17, 15) is 10.1 Å². The summed E-state index contributed by atoms with van der Waals surface area (Å²) in [5.41, 5.74) is 1.54. The van der Waals surface area contributed by atoms with Crippen molar-refractivity contribution in [2.45, 2.75) is 38.1 Å². The topological polar surface area (TPSA) is 109 Å². The smallest absolute Gasteiger partial charge is 0.258 e. The van der Waals surface area contributed by atoms with E-state index in [-0.39, 0.29) is 23.7 Å². The Labute approximate surface area is 127 Å². The fraction of sp³-hybridized carbons (Fsp3) is 0.375. The first-order valence-electron chi connectivity index (χ1n) is 7.40. The van der Waals surface area contributed by atoms with Crippen molar-refractivity contribution in [3.8, 4) is 6.07 Å². The molecule has 0 aliphatic heterocycles. The molecular weight excluding hydrogens is 278 g/mol. The number of nitrogens with one attached hydrogen (secondary N) is 3. The minimum atomic E-state index is -0.282. The number of pyridine rings is 1. The third-order valence-electron chi connectivity index (χ3n) is 4.33. The van der Waals surface area contributed by atoms with Gasteiger partial charge in [0.25, 0.3) is 5.56 Å². The van der Waals surface area contributed by atoms with Gasteiger partial charge in [-0.15, -0.1) is 0 Å². The van der Waals surface area contributed by atoms with E-state index in [1.165, 1.54) is 6.20 Å². The van der Waals surface area contributed by atoms with Crippen LogP contribution >= 0.6 is 0 Å². The van der Waals surface area contributed by atoms with Crippen LogP contribution in [0, 0.1) is 22.1 Å². The maximum Gasteiger partial charge on any atom is 0.258 e. The summed E-state index contributed by atoms with van der Waals surface area (Å²) in [5.74, 6) is 0. The van der Waals surface area contributed by atoms with Crippen molar-refractivity contribution in [1.82, 2.24) is 9.55 Å². The lowest BCUT2D eigenvalue weighted by Gasteiger charge is -2.13. The Hall–Kier alpha value is -2.68. The predicted molar refractivity (Wildman–Crippen MR) is 85.0 cm³/mol. The molecule has 3 N–H and O–H groups in total. The van der Waals surface area contributed by atoms with Crippen molar-refractivity contribution in [2.75, 3.05) is 0 Å². The summed E-state index contributed by atoms with van der Waals surface area (Å²) < 4.78 is 2.00. The Kier molecular flexibility index (Phi) is 3.63. The van der Waals surface area contributed by atoms with Gasteiger partial charge < -0.3 is 20.4 Å². The molecule has 0 atom stereocenters. The number of fused-ring (bicyclic) bond motifs is 1. The fourth-order valence-electron chi connectivity index (χ4n) is 3.30. The molecular formula is C16H17N5O. The molecule has 6 heteroatoms. The average molecular weight is 295 g/mol. The predicted octanol–water partition coefficient (Wildman–Crippen LogP) is 2.72. The molecule has 0 unspecified atom stereocenters. The summed E-state index contributed by atoms with van der Waals surface area (Å²) in [7, 11) is 0. The molecule has 22 heavy (non-hydrogen) atoms. The van der Waals surface area contributed by atoms with Gasteiger partial charge in [0.05, 0.1) is 16.5 Å². The van der Waals surface area contributed by atoms with Crippen LogP contribution in [0.5, 0.6) is 0 Å². The van der Waals surface area contributed by atoms with Crippen LogP contribution in [0.25, 0.3) is 10.9 Å². The van der Waals surface area contributed by atoms with Gasteiger partial charge in [0.1, 0.15) is 6.07 Å². The average Bonchev–Trinajstić information content (AvgIpc) is 3.15. The first kappa shape index (κ1) is 14.3. The highest BCUT2D eigenvalue weighted by atomic mass is 16.1. The molecule has 0 radical (unpaired) electrons. The van der Waals surface area contributed by atoms with E-state index in [2.05, 4.69) is 11.1 Å². The largest absolute Gasteiger partial charge is 0.342 e. The van der Waals surface area contributed by atoms with Crippen molar-refractivity contribution in [3.05, 3.63) is 33.9 Å². The van der Waals surface area contributed by atoms with Crippen LogP contribution in [0.2, 0.25) is 0 Å². The van der Waals surface area contributed by atoms with Crippen molar-refractivity contribution in [3.63, 3.8) is 0 Å². The van der Waals surface area contributed by atoms with E-state index < -0.39 is 0 Å². The zero-order valence-electron chi connectivity index (χ0n) is 12.1. The number of nitrogens with zero attached hydrogens (tertiary/aromatic N) is 2. The Morgan fingerprint density at radius 3 is 2.86 bits per heavy atom. The first-order valence-corrected chi connectivity index (χ1v) is 7.40. The van der Waals surface area contributed by atoms with Gasteiger partial charge >= 0.3 is 0 Å². The number of aromatic nitrogens is 2. The maximum atomic E-state index is 12.3. The highest BCUT2D eigenvalue weighted by molar-refractivity contribution is 6.13. The minimum absolute atomic E-state index is 0.181. The van der Waals surface area contributed by atoms with Gasteiger partial charge in [0, 0.05) is 42.3 Å². The highest BCUT2D eigenvalue weighted by Crippen LogP contribution is 2.34. The van der Waals surface area contributed by atoms with Crippen molar-refractivity contribution < 1.29 is 0 Å². The SMILES string of the molecule is N#Cc1c[nH]c(=O)c2c(C(=N)CC=N)cn(C3CCCC3)c12. The maximum absolute atomic E-state index is 12.3. The second-order valence-corrected chi connectivity index (χ2v) is 5.64. The minimum Gasteiger partial charge on any atom is -0.342 e. The normalized spacial score (nSPS) is 15.0. The molecule has 1 aliphatic carbocycles. The summed E-state index contributed by atoms with van der Waals surface area (Å²) in [6.45, 7) is 0. The fourth-order valence-corrected chi connectivity index (χ4v) is 3.30. The zero-order chi connectivity index (χ0) is 15.7. The lowest BCUT2D eigenvalue weighted by atomic mass is 10.1. The van der Waals surface area contributed by atoms with Crippen LogP contribution < -0.4 is 5.56 Å². The molecule has 0 spiro atoms. The van der Waals surface area contributed by atoms with Crippen LogP contribution in [0.3, 0.4) is 0 Å². The second-order valence-electron chi connectivity index (χ2n) is 5.64. The Morgan fingerprint density at radius 2 is 2.23 bits per heavy atom. The van der Waals surface area contributed by atoms with Gasteiger partial charge in [-0.2, -0.15) is 5.26 Å². The van der Waals surface area contributed by atoms with E-state index in [1.807, 2.05) is 10.8 Å². The van der Waals surface area contributed by atoms with E-state index in [4.69, 9.17) is 10.8 Å². The number of aromatic amines is 1. The molecule has 0 aromatic carbocycles. The summed E-state index contributed by atoms with van der Waals surface area (Å²) in [6, 6.07) is 2.41. The summed E-state index contributed by atoms with van der Waals surface area (Å²) in [4.78, 5) is 14.9. The molecule has 2 aromatic rings. The highest BCUT2D eigenvalue weighted by Gasteiger charge is 2.24. The van der Waals surface area contributed by atoms with Gasteiger partial charge in [-0.3, -0.25) is 4.79 Å². The lowest BCUT2D eigenvalue weighted by Crippen LogP contribution is -2.10. The summed E-state index contributed by atoms with van der Waals surface area (Å²) in [5, 5.41) is 25.1. The number of H-pyrrole nitrogens is 1. The Morgan fingerprint density at radius 1 is 1.50 bits per heavy atom. The van der Waals surface area contributed by atoms with E-state index in [1.54, 1.807) is 0 Å². The van der Waals surface area contributed by atoms with Gasteiger partial charge in [0.2, 0.25) is 0 Å². The molecule has 2 aromatic heterocycles. The van der Waals surface area contributed by atoms with Gasteiger partial charge in [-0.05, 0) is 12.8 Å². The number of rotatable bonds is 4. The third kappa shape index (κ3) is 2.15. The number of hydrogen-bond acceptors (Lipinski definition) is 4.